The normalized spacial score (nSPS) is 11.3. The minimum Gasteiger partial charge on any atom is -0.455 e. The summed E-state index contributed by atoms with van der Waals surface area (Å²) in [6.07, 6.45) is 0. The predicted octanol–water partition coefficient (Wildman–Crippen LogP) is 31.3. The van der Waals surface area contributed by atoms with Gasteiger partial charge in [-0.15, -0.1) is 0 Å². The lowest BCUT2D eigenvalue weighted by atomic mass is 9.93. The van der Waals surface area contributed by atoms with Gasteiger partial charge in [0.05, 0.1) is 11.4 Å². The molecule has 0 aliphatic rings. The third-order valence-corrected chi connectivity index (χ3v) is 22.3. The van der Waals surface area contributed by atoms with E-state index in [1.54, 1.807) is 0 Å². The van der Waals surface area contributed by atoms with Gasteiger partial charge in [-0.1, -0.05) is 340 Å². The van der Waals surface area contributed by atoms with Crippen LogP contribution in [0.5, 0.6) is 0 Å². The fraction of sp³-hybridized carbons (Fsp3) is 0. The van der Waals surface area contributed by atoms with E-state index in [2.05, 4.69) is 458 Å². The number of para-hydroxylation sites is 4. The predicted molar refractivity (Wildman–Crippen MR) is 482 cm³/mol. The van der Waals surface area contributed by atoms with Gasteiger partial charge in [0.2, 0.25) is 0 Å². The number of fused-ring (bicyclic) bond motifs is 5. The molecule has 0 fully saturated rings. The van der Waals surface area contributed by atoms with Crippen LogP contribution < -0.4 is 14.7 Å². The van der Waals surface area contributed by atoms with Crippen molar-refractivity contribution in [2.45, 2.75) is 0 Å². The first-order chi connectivity index (χ1) is 56.5. The van der Waals surface area contributed by atoms with Crippen molar-refractivity contribution < 1.29 is 4.42 Å². The van der Waals surface area contributed by atoms with Crippen molar-refractivity contribution in [3.8, 4) is 100 Å². The summed E-state index contributed by atoms with van der Waals surface area (Å²) in [5.74, 6) is 0. The molecule has 0 spiro atoms. The third-order valence-electron chi connectivity index (χ3n) is 22.3. The van der Waals surface area contributed by atoms with Gasteiger partial charge in [-0.3, -0.25) is 0 Å². The summed E-state index contributed by atoms with van der Waals surface area (Å²) in [6, 6.07) is 165. The van der Waals surface area contributed by atoms with E-state index in [0.29, 0.717) is 0 Å². The molecule has 0 N–H and O–H groups in total. The van der Waals surface area contributed by atoms with Crippen molar-refractivity contribution >= 4 is 94.7 Å². The Morgan fingerprint density at radius 3 is 0.886 bits per heavy atom. The molecule has 0 saturated heterocycles. The number of hydrogen-bond donors (Lipinski definition) is 0. The number of anilines is 9. The van der Waals surface area contributed by atoms with E-state index in [1.165, 1.54) is 49.5 Å². The Labute approximate surface area is 664 Å². The molecule has 0 aliphatic heterocycles. The molecule has 1 heterocycles. The highest BCUT2D eigenvalue weighted by Crippen LogP contribution is 2.48. The zero-order valence-electron chi connectivity index (χ0n) is 62.6. The molecule has 0 unspecified atom stereocenters. The van der Waals surface area contributed by atoms with E-state index in [0.717, 1.165) is 145 Å². The van der Waals surface area contributed by atoms with E-state index in [9.17, 15) is 0 Å². The maximum absolute atomic E-state index is 6.58. The van der Waals surface area contributed by atoms with E-state index in [4.69, 9.17) is 4.42 Å². The van der Waals surface area contributed by atoms with Crippen molar-refractivity contribution in [1.29, 1.82) is 0 Å². The van der Waals surface area contributed by atoms with Crippen LogP contribution in [0.2, 0.25) is 0 Å². The third kappa shape index (κ3) is 13.2. The van der Waals surface area contributed by atoms with Crippen molar-refractivity contribution in [2.75, 3.05) is 14.7 Å². The van der Waals surface area contributed by atoms with Crippen LogP contribution in [0.3, 0.4) is 0 Å². The minimum atomic E-state index is 0.887. The molecule has 0 amide bonds. The Morgan fingerprint density at radius 2 is 0.421 bits per heavy atom. The van der Waals surface area contributed by atoms with Crippen LogP contribution in [0, 0.1) is 0 Å². The highest BCUT2D eigenvalue weighted by Gasteiger charge is 2.23. The molecular weight excluding hydrogens is 1380 g/mol. The Balaban J connectivity index is 0.562. The second kappa shape index (κ2) is 30.1. The molecule has 0 aliphatic carbocycles. The van der Waals surface area contributed by atoms with E-state index in [-0.39, 0.29) is 0 Å². The number of furan rings is 1. The van der Waals surface area contributed by atoms with Gasteiger partial charge >= 0.3 is 0 Å². The van der Waals surface area contributed by atoms with Gasteiger partial charge in [0.15, 0.2) is 0 Å². The average Bonchev–Trinajstić information content (AvgIpc) is 1.08. The van der Waals surface area contributed by atoms with Crippen LogP contribution in [0.1, 0.15) is 0 Å². The molecule has 0 atom stereocenters. The van der Waals surface area contributed by atoms with Crippen LogP contribution in [-0.4, -0.2) is 0 Å². The topological polar surface area (TPSA) is 22.9 Å². The monoisotopic (exact) mass is 1450 g/mol. The first kappa shape index (κ1) is 68.2. The number of hydrogen-bond acceptors (Lipinski definition) is 4. The molecule has 20 rings (SSSR count). The summed E-state index contributed by atoms with van der Waals surface area (Å²) < 4.78 is 6.58. The molecule has 19 aromatic carbocycles. The van der Waals surface area contributed by atoms with Crippen molar-refractivity contribution in [1.82, 2.24) is 0 Å². The van der Waals surface area contributed by atoms with Gasteiger partial charge in [0, 0.05) is 66.9 Å². The van der Waals surface area contributed by atoms with E-state index in [1.807, 2.05) is 12.1 Å². The highest BCUT2D eigenvalue weighted by molar-refractivity contribution is 6.11. The summed E-state index contributed by atoms with van der Waals surface area (Å²) in [5.41, 5.74) is 32.3. The molecular formula is C110H75N3O. The molecule has 0 saturated carbocycles. The molecule has 1 aromatic heterocycles. The second-order valence-corrected chi connectivity index (χ2v) is 29.1. The number of nitrogens with zero attached hydrogens (tertiary/aromatic N) is 3. The molecule has 0 radical (unpaired) electrons. The fourth-order valence-electron chi connectivity index (χ4n) is 16.6. The van der Waals surface area contributed by atoms with Crippen LogP contribution in [0.4, 0.5) is 51.2 Å². The van der Waals surface area contributed by atoms with Crippen LogP contribution in [0.15, 0.2) is 459 Å². The van der Waals surface area contributed by atoms with Crippen LogP contribution in [0.25, 0.3) is 144 Å². The van der Waals surface area contributed by atoms with Gasteiger partial charge in [0.1, 0.15) is 11.2 Å². The molecule has 4 heteroatoms. The Bertz CT molecular complexity index is 6840. The smallest absolute Gasteiger partial charge is 0.143 e. The van der Waals surface area contributed by atoms with Gasteiger partial charge in [-0.05, 0) is 221 Å². The summed E-state index contributed by atoms with van der Waals surface area (Å²) in [4.78, 5) is 7.13. The largest absolute Gasteiger partial charge is 0.455 e. The molecule has 20 aromatic rings. The summed E-state index contributed by atoms with van der Waals surface area (Å²) in [5, 5.41) is 6.98. The standard InChI is InChI=1S/C110H75N3O/c1-5-23-76(24-6-1)77-45-47-78(48-46-77)80-53-61-93(62-54-80)111(97-36-21-31-90(75-97)100-42-22-43-106-105-41-17-18-44-109(105)114-110(100)106)94-63-55-81(56-64-94)79-49-51-84(52-50-79)86-27-19-28-87(73-86)88-29-20-30-89(74-88)99-70-72-108(104-40-16-14-38-102(99)104)113(92-34-11-4-12-35-92)96-67-59-83(60-68-96)82-57-65-95(66-58-82)112(91-32-9-3-10-33-91)107-71-69-98(85-25-7-2-8-26-85)101-37-13-15-39-103(101)107/h1-75H. The van der Waals surface area contributed by atoms with Crippen LogP contribution in [-0.2, 0) is 0 Å². The van der Waals surface area contributed by atoms with Crippen LogP contribution >= 0.6 is 0 Å². The summed E-state index contributed by atoms with van der Waals surface area (Å²) in [7, 11) is 0. The first-order valence-electron chi connectivity index (χ1n) is 39.0. The maximum atomic E-state index is 6.58. The maximum Gasteiger partial charge on any atom is 0.143 e. The van der Waals surface area contributed by atoms with E-state index >= 15 is 0 Å². The number of rotatable bonds is 18. The Kier molecular flexibility index (Phi) is 18.0. The minimum absolute atomic E-state index is 0.887. The van der Waals surface area contributed by atoms with E-state index < -0.39 is 0 Å². The summed E-state index contributed by atoms with van der Waals surface area (Å²) in [6.45, 7) is 0. The van der Waals surface area contributed by atoms with Gasteiger partial charge in [0.25, 0.3) is 0 Å². The SMILES string of the molecule is c1ccc(-c2ccc(-c3ccc(N(c4ccc(-c5ccc(-c6cccc(-c7cccc(-c8ccc(N(c9ccccc9)c9ccc(-c%10ccc(N(c%11ccccc%11)c%11ccc(-c%12ccccc%12)c%12ccccc%11%12)cc%10)cc9)c9ccccc89)c7)c6)cc5)cc4)c4cccc(-c5cccc6c5oc5ccccc56)c4)cc3)cc2)cc1. The first-order valence-corrected chi connectivity index (χ1v) is 39.0. The van der Waals surface area contributed by atoms with Gasteiger partial charge < -0.3 is 19.1 Å². The summed E-state index contributed by atoms with van der Waals surface area (Å²) >= 11 is 0. The fourth-order valence-corrected chi connectivity index (χ4v) is 16.6. The van der Waals surface area contributed by atoms with Crippen molar-refractivity contribution in [3.63, 3.8) is 0 Å². The Morgan fingerprint density at radius 1 is 0.140 bits per heavy atom. The quantitative estimate of drug-likeness (QED) is 0.0854. The van der Waals surface area contributed by atoms with Gasteiger partial charge in [-0.2, -0.15) is 0 Å². The lowest BCUT2D eigenvalue weighted by Gasteiger charge is -2.28. The highest BCUT2D eigenvalue weighted by atomic mass is 16.3. The average molecular weight is 1450 g/mol. The molecule has 0 bridgehead atoms. The molecule has 4 nitrogen and oxygen atoms in total. The van der Waals surface area contributed by atoms with Crippen molar-refractivity contribution in [3.05, 3.63) is 455 Å². The lowest BCUT2D eigenvalue weighted by molar-refractivity contribution is 0.670. The molecule has 536 valence electrons. The van der Waals surface area contributed by atoms with Gasteiger partial charge in [-0.25, -0.2) is 0 Å². The Hall–Kier alpha value is -15.1. The number of benzene rings is 19. The second-order valence-electron chi connectivity index (χ2n) is 29.1. The van der Waals surface area contributed by atoms with Crippen molar-refractivity contribution in [2.24, 2.45) is 0 Å². The zero-order chi connectivity index (χ0) is 75.7. The molecule has 114 heavy (non-hydrogen) atoms. The lowest BCUT2D eigenvalue weighted by Crippen LogP contribution is -2.10. The zero-order valence-corrected chi connectivity index (χ0v) is 62.6.